The zero-order valence-corrected chi connectivity index (χ0v) is 8.89. The fourth-order valence-corrected chi connectivity index (χ4v) is 2.11. The summed E-state index contributed by atoms with van der Waals surface area (Å²) in [5, 5.41) is 1.11. The Morgan fingerprint density at radius 1 is 1.46 bits per heavy atom. The molecular weight excluding hydrogens is 230 g/mol. The predicted octanol–water partition coefficient (Wildman–Crippen LogP) is 2.96. The molecule has 2 rings (SSSR count). The highest BCUT2D eigenvalue weighted by molar-refractivity contribution is 9.10. The van der Waals surface area contributed by atoms with Crippen molar-refractivity contribution in [2.75, 3.05) is 0 Å². The second-order valence-electron chi connectivity index (χ2n) is 3.09. The van der Waals surface area contributed by atoms with Gasteiger partial charge >= 0.3 is 0 Å². The van der Waals surface area contributed by atoms with E-state index < -0.39 is 0 Å². The van der Waals surface area contributed by atoms with Crippen LogP contribution in [0.15, 0.2) is 27.3 Å². The number of hydrogen-bond donors (Lipinski definition) is 1. The van der Waals surface area contributed by atoms with Crippen LogP contribution in [0.2, 0.25) is 0 Å². The van der Waals surface area contributed by atoms with Crippen molar-refractivity contribution in [1.29, 1.82) is 0 Å². The number of halogens is 1. The van der Waals surface area contributed by atoms with Crippen molar-refractivity contribution in [2.45, 2.75) is 13.5 Å². The molecule has 0 radical (unpaired) electrons. The minimum atomic E-state index is 0.517. The lowest BCUT2D eigenvalue weighted by molar-refractivity contribution is 0.609. The van der Waals surface area contributed by atoms with Gasteiger partial charge in [-0.3, -0.25) is 0 Å². The molecule has 2 nitrogen and oxygen atoms in total. The third-order valence-corrected chi connectivity index (χ3v) is 2.66. The van der Waals surface area contributed by atoms with Crippen LogP contribution < -0.4 is 5.73 Å². The van der Waals surface area contributed by atoms with Crippen LogP contribution in [0.1, 0.15) is 11.1 Å². The van der Waals surface area contributed by atoms with Crippen LogP contribution in [-0.4, -0.2) is 0 Å². The summed E-state index contributed by atoms with van der Waals surface area (Å²) in [7, 11) is 0. The summed E-state index contributed by atoms with van der Waals surface area (Å²) in [5.41, 5.74) is 8.72. The van der Waals surface area contributed by atoms with E-state index in [1.807, 2.05) is 6.07 Å². The first-order chi connectivity index (χ1) is 6.22. The Kier molecular flexibility index (Phi) is 2.14. The summed E-state index contributed by atoms with van der Waals surface area (Å²) in [6.07, 6.45) is 1.72. The van der Waals surface area contributed by atoms with Gasteiger partial charge in [-0.1, -0.05) is 0 Å². The minimum Gasteiger partial charge on any atom is -0.463 e. The molecule has 0 saturated carbocycles. The van der Waals surface area contributed by atoms with Gasteiger partial charge in [0.2, 0.25) is 0 Å². The Balaban J connectivity index is 2.82. The molecule has 0 atom stereocenters. The van der Waals surface area contributed by atoms with Crippen molar-refractivity contribution in [3.8, 4) is 0 Å². The second-order valence-corrected chi connectivity index (χ2v) is 3.94. The van der Waals surface area contributed by atoms with Crippen molar-refractivity contribution >= 4 is 26.9 Å². The molecule has 0 bridgehead atoms. The maximum absolute atomic E-state index is 5.59. The number of nitrogens with two attached hydrogens (primary N) is 1. The molecule has 68 valence electrons. The standard InChI is InChI=1S/C10H10BrNO/c1-6-2-8-7(4-12)5-13-10(8)9(11)3-6/h2-3,5H,4,12H2,1H3. The molecule has 0 spiro atoms. The maximum Gasteiger partial charge on any atom is 0.148 e. The number of furan rings is 1. The van der Waals surface area contributed by atoms with Crippen molar-refractivity contribution in [1.82, 2.24) is 0 Å². The molecule has 0 unspecified atom stereocenters. The van der Waals surface area contributed by atoms with E-state index >= 15 is 0 Å². The van der Waals surface area contributed by atoms with E-state index in [1.54, 1.807) is 6.26 Å². The number of rotatable bonds is 1. The number of fused-ring (bicyclic) bond motifs is 1. The zero-order chi connectivity index (χ0) is 9.42. The molecule has 0 fully saturated rings. The average Bonchev–Trinajstić information content (AvgIpc) is 2.47. The maximum atomic E-state index is 5.59. The van der Waals surface area contributed by atoms with Gasteiger partial charge in [0.25, 0.3) is 0 Å². The molecule has 3 heteroatoms. The van der Waals surface area contributed by atoms with Crippen LogP contribution in [0.4, 0.5) is 0 Å². The van der Waals surface area contributed by atoms with Crippen molar-refractivity contribution in [3.05, 3.63) is 34.0 Å². The summed E-state index contributed by atoms with van der Waals surface area (Å²) in [6.45, 7) is 2.57. The molecule has 0 saturated heterocycles. The normalized spacial score (nSPS) is 11.0. The SMILES string of the molecule is Cc1cc(Br)c2occ(CN)c2c1. The smallest absolute Gasteiger partial charge is 0.148 e. The summed E-state index contributed by atoms with van der Waals surface area (Å²) >= 11 is 3.46. The highest BCUT2D eigenvalue weighted by Crippen LogP contribution is 2.29. The van der Waals surface area contributed by atoms with Crippen LogP contribution >= 0.6 is 15.9 Å². The quantitative estimate of drug-likeness (QED) is 0.832. The van der Waals surface area contributed by atoms with Crippen LogP contribution in [-0.2, 0) is 6.54 Å². The minimum absolute atomic E-state index is 0.517. The lowest BCUT2D eigenvalue weighted by atomic mass is 10.1. The zero-order valence-electron chi connectivity index (χ0n) is 7.30. The van der Waals surface area contributed by atoms with Gasteiger partial charge in [0.05, 0.1) is 10.7 Å². The number of aryl methyl sites for hydroxylation is 1. The molecule has 0 aliphatic rings. The van der Waals surface area contributed by atoms with Crippen molar-refractivity contribution < 1.29 is 4.42 Å². The van der Waals surface area contributed by atoms with Crippen LogP contribution in [0.3, 0.4) is 0 Å². The fraction of sp³-hybridized carbons (Fsp3) is 0.200. The van der Waals surface area contributed by atoms with Crippen LogP contribution in [0.25, 0.3) is 11.0 Å². The van der Waals surface area contributed by atoms with Gasteiger partial charge in [0.1, 0.15) is 5.58 Å². The topological polar surface area (TPSA) is 39.2 Å². The molecule has 0 aliphatic heterocycles. The monoisotopic (exact) mass is 239 g/mol. The van der Waals surface area contributed by atoms with E-state index in [0.717, 1.165) is 21.0 Å². The fourth-order valence-electron chi connectivity index (χ4n) is 1.44. The van der Waals surface area contributed by atoms with Gasteiger partial charge in [-0.05, 0) is 40.5 Å². The third kappa shape index (κ3) is 1.38. The number of benzene rings is 1. The van der Waals surface area contributed by atoms with E-state index in [2.05, 4.69) is 28.9 Å². The van der Waals surface area contributed by atoms with E-state index in [9.17, 15) is 0 Å². The predicted molar refractivity (Wildman–Crippen MR) is 56.5 cm³/mol. The van der Waals surface area contributed by atoms with Gasteiger partial charge in [-0.2, -0.15) is 0 Å². The Hall–Kier alpha value is -0.800. The van der Waals surface area contributed by atoms with E-state index in [1.165, 1.54) is 5.56 Å². The molecule has 13 heavy (non-hydrogen) atoms. The molecular formula is C10H10BrNO. The Labute approximate surface area is 84.8 Å². The summed E-state index contributed by atoms with van der Waals surface area (Å²) in [4.78, 5) is 0. The first-order valence-electron chi connectivity index (χ1n) is 4.08. The van der Waals surface area contributed by atoms with Crippen molar-refractivity contribution in [3.63, 3.8) is 0 Å². The summed E-state index contributed by atoms with van der Waals surface area (Å²) in [6, 6.07) is 4.12. The molecule has 1 heterocycles. The van der Waals surface area contributed by atoms with Gasteiger partial charge in [0, 0.05) is 17.5 Å². The van der Waals surface area contributed by atoms with Crippen LogP contribution in [0, 0.1) is 6.92 Å². The Morgan fingerprint density at radius 3 is 2.92 bits per heavy atom. The highest BCUT2D eigenvalue weighted by atomic mass is 79.9. The van der Waals surface area contributed by atoms with E-state index in [-0.39, 0.29) is 0 Å². The van der Waals surface area contributed by atoms with Gasteiger partial charge in [-0.15, -0.1) is 0 Å². The molecule has 1 aromatic carbocycles. The van der Waals surface area contributed by atoms with E-state index in [0.29, 0.717) is 6.54 Å². The van der Waals surface area contributed by atoms with Gasteiger partial charge < -0.3 is 10.2 Å². The lowest BCUT2D eigenvalue weighted by Gasteiger charge is -1.97. The molecule has 1 aromatic heterocycles. The average molecular weight is 240 g/mol. The van der Waals surface area contributed by atoms with Gasteiger partial charge in [0.15, 0.2) is 0 Å². The largest absolute Gasteiger partial charge is 0.463 e. The Morgan fingerprint density at radius 2 is 2.23 bits per heavy atom. The Bertz CT molecular complexity index is 447. The van der Waals surface area contributed by atoms with Crippen LogP contribution in [0.5, 0.6) is 0 Å². The number of hydrogen-bond acceptors (Lipinski definition) is 2. The van der Waals surface area contributed by atoms with Crippen molar-refractivity contribution in [2.24, 2.45) is 5.73 Å². The lowest BCUT2D eigenvalue weighted by Crippen LogP contribution is -1.94. The third-order valence-electron chi connectivity index (χ3n) is 2.07. The molecule has 2 N–H and O–H groups in total. The first-order valence-corrected chi connectivity index (χ1v) is 4.88. The molecule has 0 amide bonds. The first kappa shape index (κ1) is 8.78. The molecule has 2 aromatic rings. The summed E-state index contributed by atoms with van der Waals surface area (Å²) < 4.78 is 6.39. The highest BCUT2D eigenvalue weighted by Gasteiger charge is 2.07. The second kappa shape index (κ2) is 3.16. The molecule has 0 aliphatic carbocycles. The summed E-state index contributed by atoms with van der Waals surface area (Å²) in [5.74, 6) is 0. The van der Waals surface area contributed by atoms with E-state index in [4.69, 9.17) is 10.2 Å². The van der Waals surface area contributed by atoms with Gasteiger partial charge in [-0.25, -0.2) is 0 Å².